The summed E-state index contributed by atoms with van der Waals surface area (Å²) in [6.07, 6.45) is 1.65. The number of nitrogens with two attached hydrogens (primary N) is 1. The molecule has 2 aromatic carbocycles. The van der Waals surface area contributed by atoms with E-state index in [1.54, 1.807) is 0 Å². The summed E-state index contributed by atoms with van der Waals surface area (Å²) < 4.78 is 0. The van der Waals surface area contributed by atoms with Gasteiger partial charge in [-0.25, -0.2) is 0 Å². The van der Waals surface area contributed by atoms with Crippen LogP contribution < -0.4 is 11.1 Å². The first-order valence-electron chi connectivity index (χ1n) is 8.02. The number of anilines is 1. The van der Waals surface area contributed by atoms with Crippen molar-refractivity contribution in [2.24, 2.45) is 0 Å². The number of piperidine rings is 1. The van der Waals surface area contributed by atoms with Crippen molar-refractivity contribution in [3.8, 4) is 11.1 Å². The minimum absolute atomic E-state index is 0.227. The summed E-state index contributed by atoms with van der Waals surface area (Å²) in [5.41, 5.74) is 10.4. The van der Waals surface area contributed by atoms with Crippen LogP contribution >= 0.6 is 11.6 Å². The fourth-order valence-electron chi connectivity index (χ4n) is 3.11. The number of aryl methyl sites for hydroxylation is 1. The molecular weight excluding hydrogens is 324 g/mol. The van der Waals surface area contributed by atoms with Crippen molar-refractivity contribution in [2.75, 3.05) is 5.73 Å². The summed E-state index contributed by atoms with van der Waals surface area (Å²) in [6.45, 7) is 2.05. The average Bonchev–Trinajstić information content (AvgIpc) is 2.56. The van der Waals surface area contributed by atoms with Gasteiger partial charge < -0.3 is 5.73 Å². The zero-order valence-corrected chi connectivity index (χ0v) is 14.2. The number of halogens is 1. The Morgan fingerprint density at radius 1 is 1.25 bits per heavy atom. The van der Waals surface area contributed by atoms with E-state index in [4.69, 9.17) is 17.3 Å². The van der Waals surface area contributed by atoms with Crippen LogP contribution in [0.25, 0.3) is 11.1 Å². The first kappa shape index (κ1) is 16.5. The van der Waals surface area contributed by atoms with Crippen LogP contribution in [-0.4, -0.2) is 11.8 Å². The summed E-state index contributed by atoms with van der Waals surface area (Å²) in [5.74, 6) is -0.902. The van der Waals surface area contributed by atoms with Gasteiger partial charge in [-0.15, -0.1) is 0 Å². The molecule has 0 aliphatic carbocycles. The Balaban J connectivity index is 2.03. The third kappa shape index (κ3) is 3.02. The molecule has 4 nitrogen and oxygen atoms in total. The van der Waals surface area contributed by atoms with Crippen LogP contribution in [0.15, 0.2) is 36.4 Å². The van der Waals surface area contributed by atoms with Crippen LogP contribution in [0.4, 0.5) is 5.69 Å². The second-order valence-electron chi connectivity index (χ2n) is 5.98. The van der Waals surface area contributed by atoms with Gasteiger partial charge in [-0.3, -0.25) is 14.9 Å². The maximum atomic E-state index is 12.1. The molecule has 2 amide bonds. The van der Waals surface area contributed by atoms with Gasteiger partial charge in [0.25, 0.3) is 0 Å². The summed E-state index contributed by atoms with van der Waals surface area (Å²) >= 11 is 6.62. The van der Waals surface area contributed by atoms with E-state index in [0.717, 1.165) is 34.4 Å². The van der Waals surface area contributed by atoms with Crippen LogP contribution in [0.1, 0.15) is 36.8 Å². The standard InChI is InChI=1S/C19H19ClN2O2/c1-2-11-10-12(6-8-16(11)21)13-4-3-5-14(18(13)20)15-7-9-17(23)22-19(15)24/h3-6,8,10,15H,2,7,9,21H2,1H3,(H,22,23,24). The molecule has 1 fully saturated rings. The van der Waals surface area contributed by atoms with E-state index >= 15 is 0 Å². The number of hydrogen-bond donors (Lipinski definition) is 2. The number of nitrogen functional groups attached to an aromatic ring is 1. The predicted molar refractivity (Wildman–Crippen MR) is 95.8 cm³/mol. The van der Waals surface area contributed by atoms with E-state index < -0.39 is 5.92 Å². The summed E-state index contributed by atoms with van der Waals surface area (Å²) in [4.78, 5) is 23.5. The molecule has 0 spiro atoms. The quantitative estimate of drug-likeness (QED) is 0.660. The summed E-state index contributed by atoms with van der Waals surface area (Å²) in [6, 6.07) is 11.5. The molecule has 1 aliphatic heterocycles. The SMILES string of the molecule is CCc1cc(-c2cccc(C3CCC(=O)NC3=O)c2Cl)ccc1N. The Bertz CT molecular complexity index is 817. The van der Waals surface area contributed by atoms with E-state index in [0.29, 0.717) is 17.9 Å². The highest BCUT2D eigenvalue weighted by atomic mass is 35.5. The third-order valence-electron chi connectivity index (χ3n) is 4.48. The van der Waals surface area contributed by atoms with E-state index in [1.165, 1.54) is 0 Å². The number of hydrogen-bond acceptors (Lipinski definition) is 3. The molecule has 0 bridgehead atoms. The van der Waals surface area contributed by atoms with Crippen molar-refractivity contribution in [3.05, 3.63) is 52.5 Å². The molecular formula is C19H19ClN2O2. The predicted octanol–water partition coefficient (Wildman–Crippen LogP) is 3.67. The third-order valence-corrected chi connectivity index (χ3v) is 4.90. The maximum absolute atomic E-state index is 12.1. The molecule has 3 rings (SSSR count). The Labute approximate surface area is 146 Å². The molecule has 3 N–H and O–H groups in total. The van der Waals surface area contributed by atoms with E-state index in [1.807, 2.05) is 36.4 Å². The van der Waals surface area contributed by atoms with E-state index in [-0.39, 0.29) is 11.8 Å². The number of imide groups is 1. The Morgan fingerprint density at radius 2 is 2.04 bits per heavy atom. The Morgan fingerprint density at radius 3 is 2.75 bits per heavy atom. The average molecular weight is 343 g/mol. The number of benzene rings is 2. The molecule has 1 unspecified atom stereocenters. The smallest absolute Gasteiger partial charge is 0.234 e. The largest absolute Gasteiger partial charge is 0.399 e. The topological polar surface area (TPSA) is 72.2 Å². The fourth-order valence-corrected chi connectivity index (χ4v) is 3.48. The molecule has 1 heterocycles. The van der Waals surface area contributed by atoms with Crippen molar-refractivity contribution in [1.29, 1.82) is 0 Å². The van der Waals surface area contributed by atoms with Gasteiger partial charge in [-0.05, 0) is 41.7 Å². The molecule has 0 radical (unpaired) electrons. The number of carbonyl (C=O) groups excluding carboxylic acids is 2. The number of rotatable bonds is 3. The number of nitrogens with one attached hydrogen (secondary N) is 1. The first-order chi connectivity index (χ1) is 11.5. The van der Waals surface area contributed by atoms with Crippen LogP contribution in [0.3, 0.4) is 0 Å². The van der Waals surface area contributed by atoms with Gasteiger partial charge in [0.1, 0.15) is 0 Å². The van der Waals surface area contributed by atoms with Gasteiger partial charge in [-0.1, -0.05) is 42.8 Å². The molecule has 2 aromatic rings. The lowest BCUT2D eigenvalue weighted by Gasteiger charge is -2.23. The van der Waals surface area contributed by atoms with Crippen molar-refractivity contribution >= 4 is 29.1 Å². The van der Waals surface area contributed by atoms with Gasteiger partial charge in [0.15, 0.2) is 0 Å². The minimum atomic E-state index is -0.394. The Kier molecular flexibility index (Phi) is 4.58. The fraction of sp³-hybridized carbons (Fsp3) is 0.263. The molecule has 0 aromatic heterocycles. The lowest BCUT2D eigenvalue weighted by Crippen LogP contribution is -2.39. The highest BCUT2D eigenvalue weighted by molar-refractivity contribution is 6.34. The molecule has 1 atom stereocenters. The van der Waals surface area contributed by atoms with Crippen molar-refractivity contribution in [1.82, 2.24) is 5.32 Å². The van der Waals surface area contributed by atoms with Crippen molar-refractivity contribution in [3.63, 3.8) is 0 Å². The summed E-state index contributed by atoms with van der Waals surface area (Å²) in [7, 11) is 0. The minimum Gasteiger partial charge on any atom is -0.399 e. The van der Waals surface area contributed by atoms with Crippen LogP contribution in [0.5, 0.6) is 0 Å². The second-order valence-corrected chi connectivity index (χ2v) is 6.36. The highest BCUT2D eigenvalue weighted by Gasteiger charge is 2.30. The van der Waals surface area contributed by atoms with Crippen LogP contribution in [-0.2, 0) is 16.0 Å². The Hall–Kier alpha value is -2.33. The lowest BCUT2D eigenvalue weighted by molar-refractivity contribution is -0.134. The zero-order valence-electron chi connectivity index (χ0n) is 13.4. The number of carbonyl (C=O) groups is 2. The molecule has 5 heteroatoms. The maximum Gasteiger partial charge on any atom is 0.234 e. The van der Waals surface area contributed by atoms with E-state index in [9.17, 15) is 9.59 Å². The summed E-state index contributed by atoms with van der Waals surface area (Å²) in [5, 5.41) is 2.94. The molecule has 124 valence electrons. The molecule has 24 heavy (non-hydrogen) atoms. The monoisotopic (exact) mass is 342 g/mol. The highest BCUT2D eigenvalue weighted by Crippen LogP contribution is 2.37. The van der Waals surface area contributed by atoms with Crippen LogP contribution in [0.2, 0.25) is 5.02 Å². The number of amides is 2. The van der Waals surface area contributed by atoms with Gasteiger partial charge in [0.2, 0.25) is 11.8 Å². The normalized spacial score (nSPS) is 17.7. The van der Waals surface area contributed by atoms with Crippen molar-refractivity contribution in [2.45, 2.75) is 32.1 Å². The zero-order chi connectivity index (χ0) is 17.3. The van der Waals surface area contributed by atoms with Crippen LogP contribution in [0, 0.1) is 0 Å². The molecule has 1 aliphatic rings. The van der Waals surface area contributed by atoms with E-state index in [2.05, 4.69) is 12.2 Å². The van der Waals surface area contributed by atoms with Gasteiger partial charge in [-0.2, -0.15) is 0 Å². The molecule has 0 saturated carbocycles. The van der Waals surface area contributed by atoms with Gasteiger partial charge >= 0.3 is 0 Å². The van der Waals surface area contributed by atoms with Crippen molar-refractivity contribution < 1.29 is 9.59 Å². The van der Waals surface area contributed by atoms with Gasteiger partial charge in [0, 0.05) is 17.7 Å². The molecule has 1 saturated heterocycles. The lowest BCUT2D eigenvalue weighted by atomic mass is 9.88. The first-order valence-corrected chi connectivity index (χ1v) is 8.40. The van der Waals surface area contributed by atoms with Gasteiger partial charge in [0.05, 0.1) is 10.9 Å². The second kappa shape index (κ2) is 6.65.